The summed E-state index contributed by atoms with van der Waals surface area (Å²) in [6.45, 7) is 1.17. The second kappa shape index (κ2) is 8.74. The van der Waals surface area contributed by atoms with Crippen LogP contribution in [0.25, 0.3) is 5.76 Å². The smallest absolute Gasteiger partial charge is 0.255 e. The number of anilines is 1. The van der Waals surface area contributed by atoms with Crippen LogP contribution in [-0.4, -0.2) is 89.3 Å². The van der Waals surface area contributed by atoms with Gasteiger partial charge in [-0.15, -0.1) is 0 Å². The van der Waals surface area contributed by atoms with E-state index in [2.05, 4.69) is 5.32 Å². The number of phenolic OH excluding ortho intramolecular Hbond substituents is 1. The van der Waals surface area contributed by atoms with E-state index in [4.69, 9.17) is 5.73 Å². The molecule has 5 aliphatic rings. The van der Waals surface area contributed by atoms with Crippen molar-refractivity contribution in [1.82, 2.24) is 9.62 Å². The number of hydrogen-bond acceptors (Lipinski definition) is 11. The molecule has 0 spiro atoms. The number of carbonyl (C=O) groups excluding carboxylic acids is 3. The van der Waals surface area contributed by atoms with Crippen molar-refractivity contribution in [3.8, 4) is 5.75 Å². The van der Waals surface area contributed by atoms with E-state index < -0.39 is 85.2 Å². The van der Waals surface area contributed by atoms with Crippen LogP contribution in [0.4, 0.5) is 10.1 Å². The lowest BCUT2D eigenvalue weighted by Gasteiger charge is -2.49. The van der Waals surface area contributed by atoms with Crippen molar-refractivity contribution in [3.63, 3.8) is 0 Å². The molecule has 3 aliphatic carbocycles. The summed E-state index contributed by atoms with van der Waals surface area (Å²) in [5.41, 5.74) is 0.515. The molecular weight excluding hydrogens is 563 g/mol. The van der Waals surface area contributed by atoms with E-state index in [0.717, 1.165) is 12.7 Å². The Bertz CT molecular complexity index is 1640. The van der Waals surface area contributed by atoms with Crippen molar-refractivity contribution >= 4 is 38.9 Å². The molecule has 2 fully saturated rings. The molecule has 13 nitrogen and oxygen atoms in total. The van der Waals surface area contributed by atoms with E-state index >= 15 is 4.39 Å². The number of nitrogens with one attached hydrogen (secondary N) is 2. The van der Waals surface area contributed by atoms with E-state index in [1.54, 1.807) is 0 Å². The number of halogens is 1. The van der Waals surface area contributed by atoms with Gasteiger partial charge in [-0.25, -0.2) is 17.5 Å². The number of carbonyl (C=O) groups is 3. The van der Waals surface area contributed by atoms with Crippen LogP contribution >= 0.6 is 0 Å². The Balaban J connectivity index is 1.56. The molecule has 15 heteroatoms. The Hall–Kier alpha value is -3.53. The molecule has 1 amide bonds. The number of nitrogens with two attached hydrogens (primary N) is 1. The lowest BCUT2D eigenvalue weighted by atomic mass is 9.57. The number of benzene rings is 1. The maximum Gasteiger partial charge on any atom is 0.255 e. The molecule has 2 heterocycles. The van der Waals surface area contributed by atoms with Crippen LogP contribution in [0.15, 0.2) is 16.9 Å². The number of nitrogens with zero attached hydrogens (tertiary/aromatic N) is 1. The van der Waals surface area contributed by atoms with Gasteiger partial charge in [-0.3, -0.25) is 19.3 Å². The Kier molecular flexibility index (Phi) is 5.89. The standard InChI is InChI=1S/C26H29FN4O9S/c1-31-4-3-8-7-29-18-14(19(8)31)16(27)10-5-9-6-11-17(30-41(2,39)40)22(34)15(25(28)37)24(36)26(11,38)23(35)12(9)20(32)13(10)21(18)33/h8-9,11,17,19,29-30,32-33,36,38H,3-7H2,1-2H3,(H2,28,37)/t8?,9-,11-,17-,19?,26-/m0/s1. The topological polar surface area (TPSA) is 220 Å². The number of primary amides is 1. The van der Waals surface area contributed by atoms with E-state index in [1.165, 1.54) is 0 Å². The zero-order valence-corrected chi connectivity index (χ0v) is 22.9. The highest BCUT2D eigenvalue weighted by molar-refractivity contribution is 7.88. The minimum Gasteiger partial charge on any atom is -0.508 e. The van der Waals surface area contributed by atoms with Gasteiger partial charge >= 0.3 is 0 Å². The number of Topliss-reactive ketones (excluding diaryl/α,β-unsaturated/α-hetero) is 2. The molecule has 2 unspecified atom stereocenters. The number of likely N-dealkylation sites (tertiary alicyclic amines) is 1. The zero-order valence-electron chi connectivity index (χ0n) is 22.1. The zero-order chi connectivity index (χ0) is 29.9. The Labute approximate surface area is 233 Å². The summed E-state index contributed by atoms with van der Waals surface area (Å²) < 4.78 is 42.6. The van der Waals surface area contributed by atoms with Gasteiger partial charge in [0.25, 0.3) is 5.91 Å². The van der Waals surface area contributed by atoms with Crippen molar-refractivity contribution in [1.29, 1.82) is 0 Å². The number of ketones is 2. The van der Waals surface area contributed by atoms with Crippen molar-refractivity contribution < 1.29 is 47.6 Å². The van der Waals surface area contributed by atoms with E-state index in [-0.39, 0.29) is 47.2 Å². The van der Waals surface area contributed by atoms with Crippen molar-refractivity contribution in [3.05, 3.63) is 39.4 Å². The summed E-state index contributed by atoms with van der Waals surface area (Å²) in [6.07, 6.45) is 0.915. The summed E-state index contributed by atoms with van der Waals surface area (Å²) in [5.74, 6) is -10.0. The predicted octanol–water partition coefficient (Wildman–Crippen LogP) is -0.491. The van der Waals surface area contributed by atoms with Gasteiger partial charge in [-0.1, -0.05) is 0 Å². The van der Waals surface area contributed by atoms with Gasteiger partial charge in [0.05, 0.1) is 23.5 Å². The first-order valence-corrected chi connectivity index (χ1v) is 15.0. The SMILES string of the molecule is CN1CCC2CNc3c(O)c4c(c(F)c3C21)C[C@H]1C[C@H]2[C@H](NS(C)(=O)=O)C(=O)C(C(N)=O)=C(O)[C@@]2(O)C(=O)C1=C4O. The second-order valence-corrected chi connectivity index (χ2v) is 13.4. The first-order chi connectivity index (χ1) is 19.1. The number of amides is 1. The van der Waals surface area contributed by atoms with Crippen molar-refractivity contribution in [2.75, 3.05) is 31.7 Å². The molecule has 0 aromatic heterocycles. The third kappa shape index (κ3) is 3.62. The van der Waals surface area contributed by atoms with Crippen molar-refractivity contribution in [2.24, 2.45) is 23.5 Å². The van der Waals surface area contributed by atoms with Gasteiger partial charge in [-0.2, -0.15) is 0 Å². The summed E-state index contributed by atoms with van der Waals surface area (Å²) in [6, 6.07) is -2.21. The van der Waals surface area contributed by atoms with Crippen LogP contribution < -0.4 is 15.8 Å². The molecule has 220 valence electrons. The van der Waals surface area contributed by atoms with Gasteiger partial charge in [-0.05, 0) is 44.7 Å². The maximum absolute atomic E-state index is 16.3. The average molecular weight is 593 g/mol. The summed E-state index contributed by atoms with van der Waals surface area (Å²) >= 11 is 0. The number of aromatic hydroxyl groups is 1. The molecule has 2 aliphatic heterocycles. The number of hydrogen-bond donors (Lipinski definition) is 7. The number of sulfonamides is 1. The van der Waals surface area contributed by atoms with Gasteiger partial charge in [0.1, 0.15) is 28.7 Å². The fourth-order valence-electron chi connectivity index (χ4n) is 7.54. The monoisotopic (exact) mass is 592 g/mol. The highest BCUT2D eigenvalue weighted by Crippen LogP contribution is 2.56. The Morgan fingerprint density at radius 3 is 2.56 bits per heavy atom. The lowest BCUT2D eigenvalue weighted by molar-refractivity contribution is -0.149. The first kappa shape index (κ1) is 27.6. The van der Waals surface area contributed by atoms with Crippen LogP contribution in [-0.2, 0) is 30.8 Å². The van der Waals surface area contributed by atoms with Gasteiger partial charge < -0.3 is 31.5 Å². The van der Waals surface area contributed by atoms with Crippen LogP contribution in [0, 0.1) is 23.6 Å². The normalized spacial score (nSPS) is 33.0. The first-order valence-electron chi connectivity index (χ1n) is 13.1. The molecule has 0 radical (unpaired) electrons. The van der Waals surface area contributed by atoms with Gasteiger partial charge in [0.15, 0.2) is 11.4 Å². The fourth-order valence-corrected chi connectivity index (χ4v) is 8.27. The van der Waals surface area contributed by atoms with Crippen LogP contribution in [0.2, 0.25) is 0 Å². The summed E-state index contributed by atoms with van der Waals surface area (Å²) in [5, 5.41) is 48.2. The third-order valence-electron chi connectivity index (χ3n) is 9.29. The molecule has 1 saturated heterocycles. The van der Waals surface area contributed by atoms with Crippen LogP contribution in [0.1, 0.15) is 35.6 Å². The van der Waals surface area contributed by atoms with Gasteiger partial charge in [0.2, 0.25) is 15.8 Å². The average Bonchev–Trinajstić information content (AvgIpc) is 3.26. The highest BCUT2D eigenvalue weighted by atomic mass is 32.2. The second-order valence-electron chi connectivity index (χ2n) is 11.6. The molecule has 1 saturated carbocycles. The maximum atomic E-state index is 16.3. The fraction of sp³-hybridized carbons (Fsp3) is 0.500. The third-order valence-corrected chi connectivity index (χ3v) is 9.97. The largest absolute Gasteiger partial charge is 0.508 e. The summed E-state index contributed by atoms with van der Waals surface area (Å²) in [7, 11) is -2.31. The minimum atomic E-state index is -4.16. The number of aliphatic hydroxyl groups is 3. The molecule has 1 aromatic carbocycles. The van der Waals surface area contributed by atoms with E-state index in [9.17, 15) is 43.2 Å². The van der Waals surface area contributed by atoms with E-state index in [1.807, 2.05) is 16.7 Å². The minimum absolute atomic E-state index is 0.0687. The van der Waals surface area contributed by atoms with E-state index in [0.29, 0.717) is 13.1 Å². The lowest BCUT2D eigenvalue weighted by Crippen LogP contribution is -2.66. The molecule has 41 heavy (non-hydrogen) atoms. The molecule has 6 rings (SSSR count). The number of aliphatic hydroxyl groups excluding tert-OH is 2. The van der Waals surface area contributed by atoms with Crippen molar-refractivity contribution in [2.45, 2.75) is 36.9 Å². The number of fused-ring (bicyclic) bond motifs is 6. The Morgan fingerprint density at radius 1 is 1.24 bits per heavy atom. The molecule has 6 atom stereocenters. The molecule has 1 aromatic rings. The molecular formula is C26H29FN4O9S. The molecule has 8 N–H and O–H groups in total. The summed E-state index contributed by atoms with van der Waals surface area (Å²) in [4.78, 5) is 41.1. The Morgan fingerprint density at radius 2 is 1.93 bits per heavy atom. The quantitative estimate of drug-likeness (QED) is 0.175. The number of phenols is 1. The molecule has 0 bridgehead atoms. The highest BCUT2D eigenvalue weighted by Gasteiger charge is 2.64. The van der Waals surface area contributed by atoms with Crippen LogP contribution in [0.3, 0.4) is 0 Å². The predicted molar refractivity (Wildman–Crippen MR) is 140 cm³/mol. The van der Waals surface area contributed by atoms with Crippen LogP contribution in [0.5, 0.6) is 5.75 Å². The van der Waals surface area contributed by atoms with Gasteiger partial charge in [0, 0.05) is 35.2 Å². The number of rotatable bonds is 3.